The van der Waals surface area contributed by atoms with Gasteiger partial charge in [0.25, 0.3) is 0 Å². The molecule has 4 rings (SSSR count). The third-order valence-electron chi connectivity index (χ3n) is 8.49. The lowest BCUT2D eigenvalue weighted by Crippen LogP contribution is -2.60. The standard InChI is InChI=1S/C23H44N4/c1-17(2)24-10-9-23(14-24)15-26(16-23)20(6)8-7-19(5)25-11-21-12-27(18(3)4)22(21)13-25/h17-22H,7-16H2,1-6H3/t19?,20?,21-,22-/m1/s1. The average Bonchev–Trinajstić information content (AvgIpc) is 3.14. The zero-order valence-electron chi connectivity index (χ0n) is 18.8. The van der Waals surface area contributed by atoms with Gasteiger partial charge in [-0.05, 0) is 67.3 Å². The highest BCUT2D eigenvalue weighted by atomic mass is 15.3. The van der Waals surface area contributed by atoms with E-state index in [4.69, 9.17) is 0 Å². The molecule has 0 N–H and O–H groups in total. The highest BCUT2D eigenvalue weighted by Gasteiger charge is 2.49. The van der Waals surface area contributed by atoms with Crippen LogP contribution in [-0.4, -0.2) is 95.6 Å². The average molecular weight is 377 g/mol. The first-order chi connectivity index (χ1) is 12.8. The second-order valence-electron chi connectivity index (χ2n) is 11.1. The van der Waals surface area contributed by atoms with E-state index in [0.717, 1.165) is 36.1 Å². The highest BCUT2D eigenvalue weighted by molar-refractivity contribution is 5.04. The summed E-state index contributed by atoms with van der Waals surface area (Å²) in [4.78, 5) is 11.0. The lowest BCUT2D eigenvalue weighted by Gasteiger charge is -2.51. The van der Waals surface area contributed by atoms with Gasteiger partial charge in [-0.3, -0.25) is 14.7 Å². The second-order valence-corrected chi connectivity index (χ2v) is 11.1. The lowest BCUT2D eigenvalue weighted by atomic mass is 9.78. The van der Waals surface area contributed by atoms with E-state index in [1.165, 1.54) is 65.1 Å². The monoisotopic (exact) mass is 376 g/mol. The quantitative estimate of drug-likeness (QED) is 0.677. The molecule has 0 bridgehead atoms. The Kier molecular flexibility index (Phi) is 5.66. The van der Waals surface area contributed by atoms with Crippen molar-refractivity contribution in [1.29, 1.82) is 0 Å². The number of fused-ring (bicyclic) bond motifs is 1. The maximum absolute atomic E-state index is 2.79. The Labute approximate surface area is 168 Å². The summed E-state index contributed by atoms with van der Waals surface area (Å²) >= 11 is 0. The van der Waals surface area contributed by atoms with E-state index in [0.29, 0.717) is 5.41 Å². The lowest BCUT2D eigenvalue weighted by molar-refractivity contribution is -0.0247. The Bertz CT molecular complexity index is 513. The molecule has 27 heavy (non-hydrogen) atoms. The van der Waals surface area contributed by atoms with E-state index in [2.05, 4.69) is 61.1 Å². The number of hydrogen-bond donors (Lipinski definition) is 0. The van der Waals surface area contributed by atoms with Crippen LogP contribution >= 0.6 is 0 Å². The molecule has 1 spiro atoms. The Morgan fingerprint density at radius 3 is 1.96 bits per heavy atom. The Morgan fingerprint density at radius 1 is 0.741 bits per heavy atom. The van der Waals surface area contributed by atoms with Crippen LogP contribution in [0.15, 0.2) is 0 Å². The molecule has 156 valence electrons. The van der Waals surface area contributed by atoms with Crippen LogP contribution in [0.25, 0.3) is 0 Å². The molecule has 4 atom stereocenters. The van der Waals surface area contributed by atoms with Gasteiger partial charge in [0.1, 0.15) is 0 Å². The number of hydrogen-bond acceptors (Lipinski definition) is 4. The van der Waals surface area contributed by atoms with Gasteiger partial charge in [-0.25, -0.2) is 0 Å². The number of rotatable bonds is 7. The van der Waals surface area contributed by atoms with Gasteiger partial charge in [-0.15, -0.1) is 0 Å². The Morgan fingerprint density at radius 2 is 1.37 bits per heavy atom. The Hall–Kier alpha value is -0.160. The van der Waals surface area contributed by atoms with Crippen molar-refractivity contribution in [3.8, 4) is 0 Å². The smallest absolute Gasteiger partial charge is 0.0278 e. The largest absolute Gasteiger partial charge is 0.300 e. The van der Waals surface area contributed by atoms with Crippen molar-refractivity contribution in [1.82, 2.24) is 19.6 Å². The summed E-state index contributed by atoms with van der Waals surface area (Å²) in [6.45, 7) is 23.7. The molecule has 0 saturated carbocycles. The van der Waals surface area contributed by atoms with Gasteiger partial charge in [-0.1, -0.05) is 0 Å². The first kappa shape index (κ1) is 20.1. The summed E-state index contributed by atoms with van der Waals surface area (Å²) in [5, 5.41) is 0. The fourth-order valence-electron chi connectivity index (χ4n) is 6.31. The van der Waals surface area contributed by atoms with Gasteiger partial charge < -0.3 is 4.90 Å². The van der Waals surface area contributed by atoms with E-state index in [9.17, 15) is 0 Å². The van der Waals surface area contributed by atoms with E-state index in [1.54, 1.807) is 0 Å². The first-order valence-corrected chi connectivity index (χ1v) is 11.8. The SMILES string of the molecule is CC(C)N1CCC2(C1)CN(C(C)CCC(C)N1C[C@@H]3CN(C(C)C)[C@@H]3C1)C2. The molecule has 0 aromatic heterocycles. The van der Waals surface area contributed by atoms with Crippen LogP contribution in [0.4, 0.5) is 0 Å². The molecule has 0 aliphatic carbocycles. The third kappa shape index (κ3) is 3.84. The van der Waals surface area contributed by atoms with E-state index in [1.807, 2.05) is 0 Å². The van der Waals surface area contributed by atoms with Crippen molar-refractivity contribution in [3.63, 3.8) is 0 Å². The second kappa shape index (κ2) is 7.59. The van der Waals surface area contributed by atoms with E-state index in [-0.39, 0.29) is 0 Å². The van der Waals surface area contributed by atoms with Gasteiger partial charge in [0, 0.05) is 80.8 Å². The van der Waals surface area contributed by atoms with Gasteiger partial charge in [-0.2, -0.15) is 0 Å². The molecule has 4 aliphatic rings. The predicted octanol–water partition coefficient (Wildman–Crippen LogP) is 2.98. The normalized spacial score (nSPS) is 34.2. The minimum Gasteiger partial charge on any atom is -0.300 e. The van der Waals surface area contributed by atoms with Crippen molar-refractivity contribution in [3.05, 3.63) is 0 Å². The van der Waals surface area contributed by atoms with Gasteiger partial charge in [0.15, 0.2) is 0 Å². The molecule has 0 aromatic rings. The van der Waals surface area contributed by atoms with E-state index < -0.39 is 0 Å². The molecule has 0 radical (unpaired) electrons. The van der Waals surface area contributed by atoms with Crippen LogP contribution in [-0.2, 0) is 0 Å². The maximum Gasteiger partial charge on any atom is 0.0278 e. The molecule has 2 unspecified atom stereocenters. The summed E-state index contributed by atoms with van der Waals surface area (Å²) < 4.78 is 0. The molecule has 4 heterocycles. The van der Waals surface area contributed by atoms with Crippen molar-refractivity contribution < 1.29 is 0 Å². The van der Waals surface area contributed by atoms with Crippen LogP contribution in [0.5, 0.6) is 0 Å². The Balaban J connectivity index is 1.17. The number of likely N-dealkylation sites (tertiary alicyclic amines) is 4. The van der Waals surface area contributed by atoms with Crippen molar-refractivity contribution in [2.75, 3.05) is 45.8 Å². The summed E-state index contributed by atoms with van der Waals surface area (Å²) in [6.07, 6.45) is 4.16. The predicted molar refractivity (Wildman–Crippen MR) is 114 cm³/mol. The molecule has 0 aromatic carbocycles. The maximum atomic E-state index is 2.79. The van der Waals surface area contributed by atoms with Crippen LogP contribution in [0, 0.1) is 11.3 Å². The fraction of sp³-hybridized carbons (Fsp3) is 1.00. The molecule has 4 saturated heterocycles. The summed E-state index contributed by atoms with van der Waals surface area (Å²) in [5.41, 5.74) is 0.637. The topological polar surface area (TPSA) is 13.0 Å². The molecular weight excluding hydrogens is 332 g/mol. The molecular formula is C23H44N4. The minimum absolute atomic E-state index is 0.637. The van der Waals surface area contributed by atoms with Gasteiger partial charge >= 0.3 is 0 Å². The summed E-state index contributed by atoms with van der Waals surface area (Å²) in [7, 11) is 0. The molecule has 0 amide bonds. The molecule has 4 aliphatic heterocycles. The van der Waals surface area contributed by atoms with Crippen molar-refractivity contribution in [2.45, 2.75) is 91.0 Å². The third-order valence-corrected chi connectivity index (χ3v) is 8.49. The van der Waals surface area contributed by atoms with Crippen molar-refractivity contribution in [2.24, 2.45) is 11.3 Å². The van der Waals surface area contributed by atoms with E-state index >= 15 is 0 Å². The van der Waals surface area contributed by atoms with Crippen molar-refractivity contribution >= 4 is 0 Å². The van der Waals surface area contributed by atoms with Crippen LogP contribution in [0.3, 0.4) is 0 Å². The summed E-state index contributed by atoms with van der Waals surface area (Å²) in [5.74, 6) is 0.953. The van der Waals surface area contributed by atoms with Crippen LogP contribution in [0.1, 0.15) is 60.8 Å². The summed E-state index contributed by atoms with van der Waals surface area (Å²) in [6, 6.07) is 3.82. The zero-order valence-corrected chi connectivity index (χ0v) is 18.8. The van der Waals surface area contributed by atoms with Gasteiger partial charge in [0.05, 0.1) is 0 Å². The fourth-order valence-corrected chi connectivity index (χ4v) is 6.31. The first-order valence-electron chi connectivity index (χ1n) is 11.8. The minimum atomic E-state index is 0.637. The van der Waals surface area contributed by atoms with Gasteiger partial charge in [0.2, 0.25) is 0 Å². The molecule has 4 fully saturated rings. The number of nitrogens with zero attached hydrogens (tertiary/aromatic N) is 4. The van der Waals surface area contributed by atoms with Crippen LogP contribution < -0.4 is 0 Å². The van der Waals surface area contributed by atoms with Crippen LogP contribution in [0.2, 0.25) is 0 Å². The highest BCUT2D eigenvalue weighted by Crippen LogP contribution is 2.42. The zero-order chi connectivity index (χ0) is 19.3. The molecule has 4 heteroatoms. The molecule has 4 nitrogen and oxygen atoms in total.